The van der Waals surface area contributed by atoms with Crippen molar-refractivity contribution in [3.63, 3.8) is 0 Å². The summed E-state index contributed by atoms with van der Waals surface area (Å²) in [5.41, 5.74) is 0.847. The number of carbonyl (C=O) groups is 3. The van der Waals surface area contributed by atoms with Gasteiger partial charge in [0.15, 0.2) is 0 Å². The second kappa shape index (κ2) is 13.6. The summed E-state index contributed by atoms with van der Waals surface area (Å²) in [6, 6.07) is 8.40. The average molecular weight is 378 g/mol. The van der Waals surface area contributed by atoms with Gasteiger partial charge in [-0.1, -0.05) is 50.1 Å². The molecule has 0 saturated heterocycles. The molecule has 0 bridgehead atoms. The first kappa shape index (κ1) is 22.5. The van der Waals surface area contributed by atoms with Gasteiger partial charge < -0.3 is 20.1 Å². The summed E-state index contributed by atoms with van der Waals surface area (Å²) in [5, 5.41) is 5.34. The highest BCUT2D eigenvalue weighted by atomic mass is 16.5. The Morgan fingerprint density at radius 2 is 1.78 bits per heavy atom. The van der Waals surface area contributed by atoms with Gasteiger partial charge in [-0.2, -0.15) is 0 Å². The van der Waals surface area contributed by atoms with E-state index in [0.717, 1.165) is 24.8 Å². The smallest absolute Gasteiger partial charge is 0.408 e. The molecule has 1 atom stereocenters. The summed E-state index contributed by atoms with van der Waals surface area (Å²) in [6.07, 6.45) is 2.42. The molecule has 7 nitrogen and oxygen atoms in total. The topological polar surface area (TPSA) is 93.7 Å². The van der Waals surface area contributed by atoms with Gasteiger partial charge in [0.25, 0.3) is 0 Å². The van der Waals surface area contributed by atoms with Crippen LogP contribution in [0.4, 0.5) is 4.79 Å². The van der Waals surface area contributed by atoms with Gasteiger partial charge in [-0.25, -0.2) is 4.79 Å². The average Bonchev–Trinajstić information content (AvgIpc) is 2.67. The second-order valence-corrected chi connectivity index (χ2v) is 6.10. The fourth-order valence-electron chi connectivity index (χ4n) is 2.38. The number of benzene rings is 1. The molecule has 1 rings (SSSR count). The Morgan fingerprint density at radius 3 is 2.44 bits per heavy atom. The molecule has 1 aromatic rings. The number of amides is 2. The van der Waals surface area contributed by atoms with E-state index in [0.29, 0.717) is 6.54 Å². The molecular weight excluding hydrogens is 348 g/mol. The minimum atomic E-state index is -0.848. The molecular formula is C20H30N2O5. The maximum absolute atomic E-state index is 12.4. The number of unbranched alkanes of at least 4 members (excludes halogenated alkanes) is 2. The Kier molecular flexibility index (Phi) is 11.3. The van der Waals surface area contributed by atoms with E-state index in [1.165, 1.54) is 0 Å². The molecule has 0 heterocycles. The highest BCUT2D eigenvalue weighted by molar-refractivity contribution is 5.86. The van der Waals surface area contributed by atoms with Gasteiger partial charge >= 0.3 is 12.1 Å². The van der Waals surface area contributed by atoms with Crippen molar-refractivity contribution in [2.45, 2.75) is 58.6 Å². The highest BCUT2D eigenvalue weighted by Crippen LogP contribution is 2.04. The standard InChI is InChI=1S/C20H30N2O5/c1-3-5-9-14-21-19(24)17(12-13-18(23)26-4-2)22-20(25)27-15-16-10-7-6-8-11-16/h6-8,10-11,17H,3-5,9,12-15H2,1-2H3,(H,21,24)(H,22,25)/t17-/m1/s1. The number of hydrogen-bond acceptors (Lipinski definition) is 5. The van der Waals surface area contributed by atoms with Crippen LogP contribution < -0.4 is 10.6 Å². The minimum Gasteiger partial charge on any atom is -0.466 e. The lowest BCUT2D eigenvalue weighted by molar-refractivity contribution is -0.143. The fourth-order valence-corrected chi connectivity index (χ4v) is 2.38. The summed E-state index contributed by atoms with van der Waals surface area (Å²) in [7, 11) is 0. The summed E-state index contributed by atoms with van der Waals surface area (Å²) in [6.45, 7) is 4.71. The molecule has 0 aliphatic carbocycles. The van der Waals surface area contributed by atoms with Gasteiger partial charge in [-0.05, 0) is 25.3 Å². The lowest BCUT2D eigenvalue weighted by atomic mass is 10.1. The third-order valence-corrected chi connectivity index (χ3v) is 3.84. The largest absolute Gasteiger partial charge is 0.466 e. The van der Waals surface area contributed by atoms with E-state index >= 15 is 0 Å². The molecule has 2 N–H and O–H groups in total. The number of carbonyl (C=O) groups excluding carboxylic acids is 3. The molecule has 0 fully saturated rings. The molecule has 27 heavy (non-hydrogen) atoms. The van der Waals surface area contributed by atoms with Crippen LogP contribution in [0.2, 0.25) is 0 Å². The van der Waals surface area contributed by atoms with Crippen molar-refractivity contribution in [2.24, 2.45) is 0 Å². The molecule has 2 amide bonds. The van der Waals surface area contributed by atoms with Crippen LogP contribution in [-0.4, -0.2) is 37.2 Å². The van der Waals surface area contributed by atoms with Gasteiger partial charge in [-0.15, -0.1) is 0 Å². The van der Waals surface area contributed by atoms with Gasteiger partial charge in [0, 0.05) is 13.0 Å². The number of rotatable bonds is 12. The van der Waals surface area contributed by atoms with Crippen molar-refractivity contribution in [1.82, 2.24) is 10.6 Å². The third kappa shape index (κ3) is 10.2. The van der Waals surface area contributed by atoms with Crippen LogP contribution in [-0.2, 0) is 25.7 Å². The Morgan fingerprint density at radius 1 is 1.04 bits per heavy atom. The maximum atomic E-state index is 12.4. The molecule has 0 aliphatic rings. The van der Waals surface area contributed by atoms with E-state index in [1.54, 1.807) is 6.92 Å². The summed E-state index contributed by atoms with van der Waals surface area (Å²) in [4.78, 5) is 36.0. The zero-order chi connectivity index (χ0) is 19.9. The number of hydrogen-bond donors (Lipinski definition) is 2. The van der Waals surface area contributed by atoms with E-state index in [-0.39, 0.29) is 32.0 Å². The third-order valence-electron chi connectivity index (χ3n) is 3.84. The molecule has 7 heteroatoms. The van der Waals surface area contributed by atoms with Crippen molar-refractivity contribution in [2.75, 3.05) is 13.2 Å². The summed E-state index contributed by atoms with van der Waals surface area (Å²) >= 11 is 0. The van der Waals surface area contributed by atoms with Crippen LogP contribution in [0.5, 0.6) is 0 Å². The summed E-state index contributed by atoms with van der Waals surface area (Å²) < 4.78 is 10.0. The number of ether oxygens (including phenoxy) is 2. The molecule has 0 saturated carbocycles. The molecule has 0 aromatic heterocycles. The van der Waals surface area contributed by atoms with Crippen LogP contribution in [0.15, 0.2) is 30.3 Å². The first-order valence-electron chi connectivity index (χ1n) is 9.47. The molecule has 0 spiro atoms. The van der Waals surface area contributed by atoms with Gasteiger partial charge in [0.2, 0.25) is 5.91 Å². The Bertz CT molecular complexity index is 577. The van der Waals surface area contributed by atoms with Crippen LogP contribution >= 0.6 is 0 Å². The van der Waals surface area contributed by atoms with Crippen molar-refractivity contribution in [1.29, 1.82) is 0 Å². The van der Waals surface area contributed by atoms with E-state index in [9.17, 15) is 14.4 Å². The van der Waals surface area contributed by atoms with E-state index < -0.39 is 18.1 Å². The summed E-state index contributed by atoms with van der Waals surface area (Å²) in [5.74, 6) is -0.729. The first-order valence-corrected chi connectivity index (χ1v) is 9.47. The predicted molar refractivity (Wildman–Crippen MR) is 102 cm³/mol. The lowest BCUT2D eigenvalue weighted by Crippen LogP contribution is -2.47. The maximum Gasteiger partial charge on any atom is 0.408 e. The number of esters is 1. The molecule has 1 aromatic carbocycles. The monoisotopic (exact) mass is 378 g/mol. The minimum absolute atomic E-state index is 0.0415. The molecule has 150 valence electrons. The highest BCUT2D eigenvalue weighted by Gasteiger charge is 2.22. The van der Waals surface area contributed by atoms with Crippen molar-refractivity contribution < 1.29 is 23.9 Å². The fraction of sp³-hybridized carbons (Fsp3) is 0.550. The van der Waals surface area contributed by atoms with E-state index in [2.05, 4.69) is 17.6 Å². The molecule has 0 unspecified atom stereocenters. The van der Waals surface area contributed by atoms with Crippen LogP contribution in [0.3, 0.4) is 0 Å². The van der Waals surface area contributed by atoms with Gasteiger partial charge in [0.1, 0.15) is 12.6 Å². The Balaban J connectivity index is 2.53. The number of nitrogens with one attached hydrogen (secondary N) is 2. The van der Waals surface area contributed by atoms with Crippen molar-refractivity contribution in [3.05, 3.63) is 35.9 Å². The quantitative estimate of drug-likeness (QED) is 0.431. The van der Waals surface area contributed by atoms with E-state index in [4.69, 9.17) is 9.47 Å². The normalized spacial score (nSPS) is 11.3. The van der Waals surface area contributed by atoms with Crippen molar-refractivity contribution in [3.8, 4) is 0 Å². The van der Waals surface area contributed by atoms with Crippen LogP contribution in [0, 0.1) is 0 Å². The zero-order valence-corrected chi connectivity index (χ0v) is 16.2. The second-order valence-electron chi connectivity index (χ2n) is 6.10. The molecule has 0 radical (unpaired) electrons. The lowest BCUT2D eigenvalue weighted by Gasteiger charge is -2.18. The zero-order valence-electron chi connectivity index (χ0n) is 16.2. The van der Waals surface area contributed by atoms with Crippen LogP contribution in [0.1, 0.15) is 51.5 Å². The van der Waals surface area contributed by atoms with Gasteiger partial charge in [0.05, 0.1) is 6.61 Å². The van der Waals surface area contributed by atoms with Crippen LogP contribution in [0.25, 0.3) is 0 Å². The molecule has 0 aliphatic heterocycles. The first-order chi connectivity index (χ1) is 13.1. The van der Waals surface area contributed by atoms with Gasteiger partial charge in [-0.3, -0.25) is 9.59 Å². The SMILES string of the molecule is CCCCCNC(=O)[C@@H](CCC(=O)OCC)NC(=O)OCc1ccccc1. The predicted octanol–water partition coefficient (Wildman–Crippen LogP) is 2.93. The van der Waals surface area contributed by atoms with E-state index in [1.807, 2.05) is 30.3 Å². The Labute approximate surface area is 160 Å². The van der Waals surface area contributed by atoms with Crippen molar-refractivity contribution >= 4 is 18.0 Å². The Hall–Kier alpha value is -2.57. The number of alkyl carbamates (subject to hydrolysis) is 1.